The standard InChI is InChI=1S/C20H20BrN7O4S/c1-10(25-20(30)12-5-13(21)7-14(6-12)33(2,31)32)19-26-18(11-3-4-11)27-28(19)16-8-15(17(22)29)23-9-24-16/h5-11H,3-4H2,1-2H3,(H2,22,29)(H,25,30)/t10-/m0/s1. The maximum atomic E-state index is 12.9. The minimum atomic E-state index is -3.50. The topological polar surface area (TPSA) is 163 Å². The van der Waals surface area contributed by atoms with Crippen LogP contribution in [0, 0.1) is 0 Å². The molecule has 0 bridgehead atoms. The van der Waals surface area contributed by atoms with Crippen LogP contribution in [0.3, 0.4) is 0 Å². The van der Waals surface area contributed by atoms with Crippen molar-refractivity contribution in [2.24, 2.45) is 5.73 Å². The van der Waals surface area contributed by atoms with Crippen LogP contribution in [0.1, 0.15) is 64.2 Å². The van der Waals surface area contributed by atoms with E-state index in [0.29, 0.717) is 16.1 Å². The summed E-state index contributed by atoms with van der Waals surface area (Å²) in [7, 11) is -3.50. The van der Waals surface area contributed by atoms with Gasteiger partial charge in [-0.2, -0.15) is 4.68 Å². The molecule has 0 unspecified atom stereocenters. The first-order chi connectivity index (χ1) is 15.5. The van der Waals surface area contributed by atoms with Gasteiger partial charge in [-0.15, -0.1) is 5.10 Å². The second kappa shape index (κ2) is 8.63. The van der Waals surface area contributed by atoms with Gasteiger partial charge in [-0.3, -0.25) is 9.59 Å². The molecule has 3 N–H and O–H groups in total. The summed E-state index contributed by atoms with van der Waals surface area (Å²) in [5.74, 6) is 0.339. The molecule has 0 radical (unpaired) electrons. The van der Waals surface area contributed by atoms with E-state index in [1.54, 1.807) is 6.92 Å². The number of nitrogens with two attached hydrogens (primary N) is 1. The fraction of sp³-hybridized carbons (Fsp3) is 0.300. The molecule has 33 heavy (non-hydrogen) atoms. The third-order valence-corrected chi connectivity index (χ3v) is 6.56. The highest BCUT2D eigenvalue weighted by Gasteiger charge is 2.31. The number of aromatic nitrogens is 5. The number of rotatable bonds is 7. The van der Waals surface area contributed by atoms with Crippen molar-refractivity contribution >= 4 is 37.6 Å². The smallest absolute Gasteiger partial charge is 0.267 e. The molecule has 1 fully saturated rings. The third kappa shape index (κ3) is 5.09. The van der Waals surface area contributed by atoms with Crippen LogP contribution in [-0.2, 0) is 9.84 Å². The summed E-state index contributed by atoms with van der Waals surface area (Å²) in [6, 6.07) is 5.05. The number of hydrogen-bond acceptors (Lipinski definition) is 8. The molecule has 2 heterocycles. The predicted octanol–water partition coefficient (Wildman–Crippen LogP) is 1.69. The van der Waals surface area contributed by atoms with Gasteiger partial charge < -0.3 is 11.1 Å². The van der Waals surface area contributed by atoms with Crippen molar-refractivity contribution in [3.8, 4) is 5.82 Å². The molecule has 11 nitrogen and oxygen atoms in total. The molecule has 172 valence electrons. The quantitative estimate of drug-likeness (QED) is 0.463. The van der Waals surface area contributed by atoms with Gasteiger partial charge in [0.1, 0.15) is 12.0 Å². The summed E-state index contributed by atoms with van der Waals surface area (Å²) in [4.78, 5) is 37.1. The number of nitrogens with zero attached hydrogens (tertiary/aromatic N) is 5. The van der Waals surface area contributed by atoms with E-state index in [1.807, 2.05) is 0 Å². The van der Waals surface area contributed by atoms with Gasteiger partial charge in [0, 0.05) is 28.3 Å². The molecule has 13 heteroatoms. The summed E-state index contributed by atoms with van der Waals surface area (Å²) in [5.41, 5.74) is 5.52. The average Bonchev–Trinajstić information content (AvgIpc) is 3.50. The molecule has 0 saturated heterocycles. The Morgan fingerprint density at radius 2 is 1.94 bits per heavy atom. The lowest BCUT2D eigenvalue weighted by molar-refractivity contribution is 0.0936. The minimum absolute atomic E-state index is 0.0218. The summed E-state index contributed by atoms with van der Waals surface area (Å²) in [6.45, 7) is 1.72. The summed E-state index contributed by atoms with van der Waals surface area (Å²) >= 11 is 3.25. The van der Waals surface area contributed by atoms with E-state index in [-0.39, 0.29) is 27.9 Å². The summed E-state index contributed by atoms with van der Waals surface area (Å²) < 4.78 is 25.8. The Labute approximate surface area is 197 Å². The molecule has 1 atom stereocenters. The van der Waals surface area contributed by atoms with Crippen LogP contribution in [0.5, 0.6) is 0 Å². The summed E-state index contributed by atoms with van der Waals surface area (Å²) in [6.07, 6.45) is 4.21. The highest BCUT2D eigenvalue weighted by molar-refractivity contribution is 9.10. The second-order valence-electron chi connectivity index (χ2n) is 7.78. The fourth-order valence-corrected chi connectivity index (χ4v) is 4.48. The number of hydrogen-bond donors (Lipinski definition) is 2. The lowest BCUT2D eigenvalue weighted by atomic mass is 10.2. The van der Waals surface area contributed by atoms with Gasteiger partial charge in [-0.1, -0.05) is 15.9 Å². The molecule has 3 aromatic rings. The highest BCUT2D eigenvalue weighted by Crippen LogP contribution is 2.38. The number of benzene rings is 1. The van der Waals surface area contributed by atoms with Crippen LogP contribution in [0.2, 0.25) is 0 Å². The molecular formula is C20H20BrN7O4S. The highest BCUT2D eigenvalue weighted by atomic mass is 79.9. The predicted molar refractivity (Wildman–Crippen MR) is 121 cm³/mol. The number of amides is 2. The Bertz CT molecular complexity index is 1370. The zero-order valence-corrected chi connectivity index (χ0v) is 20.1. The van der Waals surface area contributed by atoms with Crippen molar-refractivity contribution in [2.75, 3.05) is 6.26 Å². The molecule has 2 aromatic heterocycles. The Balaban J connectivity index is 1.67. The molecule has 4 rings (SSSR count). The van der Waals surface area contributed by atoms with Crippen LogP contribution < -0.4 is 11.1 Å². The van der Waals surface area contributed by atoms with Crippen molar-refractivity contribution in [3.05, 3.63) is 58.0 Å². The molecule has 1 aromatic carbocycles. The lowest BCUT2D eigenvalue weighted by Crippen LogP contribution is -2.29. The van der Waals surface area contributed by atoms with Crippen LogP contribution in [0.15, 0.2) is 40.0 Å². The number of halogens is 1. The van der Waals surface area contributed by atoms with E-state index in [1.165, 1.54) is 35.3 Å². The summed E-state index contributed by atoms with van der Waals surface area (Å²) in [5, 5.41) is 7.36. The Hall–Kier alpha value is -3.19. The molecular weight excluding hydrogens is 514 g/mol. The number of nitrogens with one attached hydrogen (secondary N) is 1. The molecule has 0 aliphatic heterocycles. The molecule has 1 aliphatic carbocycles. The largest absolute Gasteiger partial charge is 0.364 e. The second-order valence-corrected chi connectivity index (χ2v) is 10.7. The van der Waals surface area contributed by atoms with Crippen molar-refractivity contribution in [1.29, 1.82) is 0 Å². The van der Waals surface area contributed by atoms with Gasteiger partial charge in [-0.05, 0) is 38.0 Å². The first-order valence-electron chi connectivity index (χ1n) is 9.93. The molecule has 0 spiro atoms. The van der Waals surface area contributed by atoms with Gasteiger partial charge in [0.05, 0.1) is 10.9 Å². The number of carbonyl (C=O) groups excluding carboxylic acids is 2. The SMILES string of the molecule is C[C@H](NC(=O)c1cc(Br)cc(S(C)(=O)=O)c1)c1nc(C2CC2)nn1-c1cc(C(N)=O)ncn1. The Kier molecular flexibility index (Phi) is 6.01. The van der Waals surface area contributed by atoms with Crippen LogP contribution in [-0.4, -0.2) is 51.2 Å². The number of sulfone groups is 1. The first kappa shape index (κ1) is 23.0. The zero-order valence-electron chi connectivity index (χ0n) is 17.7. The van der Waals surface area contributed by atoms with Crippen LogP contribution >= 0.6 is 15.9 Å². The van der Waals surface area contributed by atoms with Crippen molar-refractivity contribution in [1.82, 2.24) is 30.0 Å². The zero-order chi connectivity index (χ0) is 23.9. The molecule has 1 aliphatic rings. The maximum absolute atomic E-state index is 12.9. The van der Waals surface area contributed by atoms with Gasteiger partial charge in [0.15, 0.2) is 27.3 Å². The normalized spacial score (nSPS) is 14.6. The number of primary amides is 1. The van der Waals surface area contributed by atoms with Crippen molar-refractivity contribution in [3.63, 3.8) is 0 Å². The van der Waals surface area contributed by atoms with Gasteiger partial charge in [0.2, 0.25) is 0 Å². The van der Waals surface area contributed by atoms with Crippen LogP contribution in [0.4, 0.5) is 0 Å². The van der Waals surface area contributed by atoms with E-state index in [4.69, 9.17) is 5.73 Å². The lowest BCUT2D eigenvalue weighted by Gasteiger charge is -2.15. The fourth-order valence-electron chi connectivity index (χ4n) is 3.15. The maximum Gasteiger partial charge on any atom is 0.267 e. The van der Waals surface area contributed by atoms with Gasteiger partial charge in [0.25, 0.3) is 11.8 Å². The average molecular weight is 534 g/mol. The van der Waals surface area contributed by atoms with Crippen LogP contribution in [0.25, 0.3) is 5.82 Å². The Morgan fingerprint density at radius 1 is 1.21 bits per heavy atom. The monoisotopic (exact) mass is 533 g/mol. The van der Waals surface area contributed by atoms with E-state index in [2.05, 4.69) is 41.3 Å². The van der Waals surface area contributed by atoms with E-state index in [0.717, 1.165) is 19.1 Å². The van der Waals surface area contributed by atoms with E-state index < -0.39 is 27.7 Å². The molecule has 2 amide bonds. The van der Waals surface area contributed by atoms with Crippen molar-refractivity contribution < 1.29 is 18.0 Å². The van der Waals surface area contributed by atoms with E-state index in [9.17, 15) is 18.0 Å². The Morgan fingerprint density at radius 3 is 2.58 bits per heavy atom. The molecule has 1 saturated carbocycles. The third-order valence-electron chi connectivity index (χ3n) is 5.01. The van der Waals surface area contributed by atoms with Crippen molar-refractivity contribution in [2.45, 2.75) is 36.6 Å². The van der Waals surface area contributed by atoms with Gasteiger partial charge in [-0.25, -0.2) is 23.4 Å². The van der Waals surface area contributed by atoms with Gasteiger partial charge >= 0.3 is 0 Å². The van der Waals surface area contributed by atoms with E-state index >= 15 is 0 Å². The number of carbonyl (C=O) groups is 2. The minimum Gasteiger partial charge on any atom is -0.364 e. The first-order valence-corrected chi connectivity index (χ1v) is 12.6.